The van der Waals surface area contributed by atoms with Crippen molar-refractivity contribution >= 4 is 17.4 Å². The Kier molecular flexibility index (Phi) is 7.19. The van der Waals surface area contributed by atoms with Gasteiger partial charge in [-0.25, -0.2) is 0 Å². The van der Waals surface area contributed by atoms with Gasteiger partial charge in [-0.05, 0) is 43.0 Å². The lowest BCUT2D eigenvalue weighted by Gasteiger charge is -2.00. The number of hydrogen-bond acceptors (Lipinski definition) is 2. The maximum atomic E-state index is 3.13. The van der Waals surface area contributed by atoms with Crippen molar-refractivity contribution in [1.82, 2.24) is 5.32 Å². The Hall–Kier alpha value is -0.600. The zero-order valence-corrected chi connectivity index (χ0v) is 11.3. The summed E-state index contributed by atoms with van der Waals surface area (Å²) in [6.45, 7) is 3.21. The van der Waals surface area contributed by atoms with Crippen molar-refractivity contribution in [1.29, 1.82) is 0 Å². The Labute approximate surface area is 104 Å². The lowest BCUT2D eigenvalue weighted by molar-refractivity contribution is 0.667. The van der Waals surface area contributed by atoms with Gasteiger partial charge in [0.1, 0.15) is 0 Å². The molecule has 90 valence electrons. The molecule has 0 aliphatic carbocycles. The van der Waals surface area contributed by atoms with Gasteiger partial charge in [-0.15, -0.1) is 11.3 Å². The van der Waals surface area contributed by atoms with Crippen LogP contribution < -0.4 is 5.32 Å². The molecule has 0 bridgehead atoms. The number of thiophene rings is 1. The summed E-state index contributed by atoms with van der Waals surface area (Å²) in [5.74, 6) is 0. The van der Waals surface area contributed by atoms with Gasteiger partial charge in [0.2, 0.25) is 0 Å². The molecule has 0 radical (unpaired) electrons. The highest BCUT2D eigenvalue weighted by Crippen LogP contribution is 2.20. The average molecular weight is 237 g/mol. The minimum absolute atomic E-state index is 0.952. The van der Waals surface area contributed by atoms with E-state index in [4.69, 9.17) is 0 Å². The molecule has 1 nitrogen and oxygen atoms in total. The fourth-order valence-corrected chi connectivity index (χ4v) is 2.60. The molecule has 0 aromatic carbocycles. The van der Waals surface area contributed by atoms with Gasteiger partial charge >= 0.3 is 0 Å². The first kappa shape index (κ1) is 13.5. The molecule has 0 aliphatic rings. The highest BCUT2D eigenvalue weighted by molar-refractivity contribution is 7.11. The molecule has 0 spiro atoms. The lowest BCUT2D eigenvalue weighted by Crippen LogP contribution is -2.03. The first-order valence-electron chi connectivity index (χ1n) is 6.26. The molecule has 1 aromatic rings. The van der Waals surface area contributed by atoms with Crippen LogP contribution in [0.25, 0.3) is 6.08 Å². The van der Waals surface area contributed by atoms with Crippen molar-refractivity contribution in [3.63, 3.8) is 0 Å². The van der Waals surface area contributed by atoms with Crippen LogP contribution in [-0.2, 0) is 6.42 Å². The van der Waals surface area contributed by atoms with Crippen molar-refractivity contribution in [3.05, 3.63) is 28.0 Å². The van der Waals surface area contributed by atoms with Crippen LogP contribution in [0.15, 0.2) is 17.5 Å². The van der Waals surface area contributed by atoms with E-state index >= 15 is 0 Å². The average Bonchev–Trinajstić information content (AvgIpc) is 2.73. The Morgan fingerprint density at radius 2 is 2.19 bits per heavy atom. The predicted octanol–water partition coefficient (Wildman–Crippen LogP) is 4.10. The number of rotatable bonds is 8. The number of hydrogen-bond donors (Lipinski definition) is 1. The first-order chi connectivity index (χ1) is 7.88. The number of nitrogens with one attached hydrogen (secondary N) is 1. The van der Waals surface area contributed by atoms with Gasteiger partial charge in [0, 0.05) is 11.4 Å². The van der Waals surface area contributed by atoms with E-state index in [2.05, 4.69) is 35.8 Å². The molecule has 0 aliphatic heterocycles. The van der Waals surface area contributed by atoms with E-state index in [9.17, 15) is 0 Å². The molecule has 1 heterocycles. The van der Waals surface area contributed by atoms with Crippen LogP contribution >= 0.6 is 11.3 Å². The van der Waals surface area contributed by atoms with E-state index in [1.807, 2.05) is 18.4 Å². The minimum atomic E-state index is 0.952. The standard InChI is InChI=1S/C14H23NS/c1-3-4-5-6-8-13-10-12-16-14(13)9-7-11-15-2/h7,9-10,12,15H,3-6,8,11H2,1-2H3. The van der Waals surface area contributed by atoms with E-state index < -0.39 is 0 Å². The molecule has 0 fully saturated rings. The summed E-state index contributed by atoms with van der Waals surface area (Å²) in [6, 6.07) is 2.27. The Balaban J connectivity index is 2.38. The van der Waals surface area contributed by atoms with E-state index in [-0.39, 0.29) is 0 Å². The molecule has 0 saturated heterocycles. The summed E-state index contributed by atoms with van der Waals surface area (Å²) in [4.78, 5) is 1.44. The van der Waals surface area contributed by atoms with Crippen molar-refractivity contribution in [2.45, 2.75) is 39.0 Å². The van der Waals surface area contributed by atoms with Gasteiger partial charge < -0.3 is 5.32 Å². The third-order valence-electron chi connectivity index (χ3n) is 2.67. The van der Waals surface area contributed by atoms with Gasteiger partial charge in [0.15, 0.2) is 0 Å². The topological polar surface area (TPSA) is 12.0 Å². The van der Waals surface area contributed by atoms with E-state index in [0.717, 1.165) is 6.54 Å². The Bertz CT molecular complexity index is 301. The molecular formula is C14H23NS. The van der Waals surface area contributed by atoms with E-state index in [1.165, 1.54) is 42.5 Å². The maximum Gasteiger partial charge on any atom is 0.0299 e. The van der Waals surface area contributed by atoms with Crippen LogP contribution in [0.3, 0.4) is 0 Å². The summed E-state index contributed by atoms with van der Waals surface area (Å²) >= 11 is 1.85. The smallest absolute Gasteiger partial charge is 0.0299 e. The zero-order chi connectivity index (χ0) is 11.6. The normalized spacial score (nSPS) is 11.4. The SMILES string of the molecule is CCCCCCc1ccsc1C=CCNC. The van der Waals surface area contributed by atoms with Crippen LogP contribution in [0.1, 0.15) is 43.0 Å². The second-order valence-corrected chi connectivity index (χ2v) is 5.03. The largest absolute Gasteiger partial charge is 0.316 e. The molecule has 1 aromatic heterocycles. The highest BCUT2D eigenvalue weighted by Gasteiger charge is 2.00. The third kappa shape index (κ3) is 4.95. The fraction of sp³-hybridized carbons (Fsp3) is 0.571. The van der Waals surface area contributed by atoms with Gasteiger partial charge in [-0.2, -0.15) is 0 Å². The fourth-order valence-electron chi connectivity index (χ4n) is 1.73. The van der Waals surface area contributed by atoms with Crippen LogP contribution in [0, 0.1) is 0 Å². The summed E-state index contributed by atoms with van der Waals surface area (Å²) in [6.07, 6.45) is 11.1. The highest BCUT2D eigenvalue weighted by atomic mass is 32.1. The molecule has 0 amide bonds. The molecule has 1 N–H and O–H groups in total. The molecule has 2 heteroatoms. The van der Waals surface area contributed by atoms with Crippen molar-refractivity contribution in [3.8, 4) is 0 Å². The van der Waals surface area contributed by atoms with Gasteiger partial charge in [-0.3, -0.25) is 0 Å². The summed E-state index contributed by atoms with van der Waals surface area (Å²) < 4.78 is 0. The van der Waals surface area contributed by atoms with Crippen LogP contribution in [0.2, 0.25) is 0 Å². The Morgan fingerprint density at radius 3 is 2.94 bits per heavy atom. The third-order valence-corrected chi connectivity index (χ3v) is 3.60. The summed E-state index contributed by atoms with van der Waals surface area (Å²) in [7, 11) is 1.98. The second-order valence-electron chi connectivity index (χ2n) is 4.08. The van der Waals surface area contributed by atoms with Crippen LogP contribution in [0.4, 0.5) is 0 Å². The number of unbranched alkanes of at least 4 members (excludes halogenated alkanes) is 3. The van der Waals surface area contributed by atoms with E-state index in [0.29, 0.717) is 0 Å². The number of aryl methyl sites for hydroxylation is 1. The molecule has 0 atom stereocenters. The molecule has 0 unspecified atom stereocenters. The van der Waals surface area contributed by atoms with Crippen LogP contribution in [-0.4, -0.2) is 13.6 Å². The lowest BCUT2D eigenvalue weighted by atomic mass is 10.1. The van der Waals surface area contributed by atoms with Gasteiger partial charge in [0.05, 0.1) is 0 Å². The minimum Gasteiger partial charge on any atom is -0.316 e. The summed E-state index contributed by atoms with van der Waals surface area (Å²) in [5.41, 5.74) is 1.52. The Morgan fingerprint density at radius 1 is 1.31 bits per heavy atom. The summed E-state index contributed by atoms with van der Waals surface area (Å²) in [5, 5.41) is 5.33. The molecule has 1 rings (SSSR count). The van der Waals surface area contributed by atoms with Crippen molar-refractivity contribution in [2.75, 3.05) is 13.6 Å². The monoisotopic (exact) mass is 237 g/mol. The quantitative estimate of drug-likeness (QED) is 0.671. The van der Waals surface area contributed by atoms with Crippen LogP contribution in [0.5, 0.6) is 0 Å². The van der Waals surface area contributed by atoms with Crippen molar-refractivity contribution in [2.24, 2.45) is 0 Å². The van der Waals surface area contributed by atoms with E-state index in [1.54, 1.807) is 0 Å². The molecule has 16 heavy (non-hydrogen) atoms. The zero-order valence-electron chi connectivity index (χ0n) is 10.5. The second kappa shape index (κ2) is 8.54. The van der Waals surface area contributed by atoms with Gasteiger partial charge in [0.25, 0.3) is 0 Å². The maximum absolute atomic E-state index is 3.13. The van der Waals surface area contributed by atoms with Gasteiger partial charge in [-0.1, -0.05) is 32.3 Å². The first-order valence-corrected chi connectivity index (χ1v) is 7.14. The predicted molar refractivity (Wildman–Crippen MR) is 75.1 cm³/mol. The van der Waals surface area contributed by atoms with Crippen molar-refractivity contribution < 1.29 is 0 Å². The molecule has 0 saturated carbocycles. The molecular weight excluding hydrogens is 214 g/mol. The number of likely N-dealkylation sites (N-methyl/N-ethyl adjacent to an activating group) is 1.